The number of alkyl halides is 2. The molecule has 0 bridgehead atoms. The second-order valence-corrected chi connectivity index (χ2v) is 8.59. The highest BCUT2D eigenvalue weighted by molar-refractivity contribution is 6.34. The first-order valence-corrected chi connectivity index (χ1v) is 10.9. The maximum Gasteiger partial charge on any atom is 0.257 e. The Morgan fingerprint density at radius 3 is 2.70 bits per heavy atom. The molecule has 0 spiro atoms. The highest BCUT2D eigenvalue weighted by Gasteiger charge is 2.60. The molecule has 0 aliphatic heterocycles. The van der Waals surface area contributed by atoms with Crippen LogP contribution in [0.3, 0.4) is 0 Å². The van der Waals surface area contributed by atoms with Gasteiger partial charge in [0.05, 0.1) is 29.3 Å². The van der Waals surface area contributed by atoms with Gasteiger partial charge in [-0.1, -0.05) is 11.6 Å². The molecule has 1 atom stereocenters. The average Bonchev–Trinajstić information content (AvgIpc) is 3.00. The molecule has 10 nitrogen and oxygen atoms in total. The number of aryl methyl sites for hydroxylation is 3. The average molecular weight is 498 g/mol. The number of nitrogens with two attached hydrogens (primary N) is 1. The van der Waals surface area contributed by atoms with Gasteiger partial charge < -0.3 is 10.5 Å². The molecule has 0 radical (unpaired) electrons. The predicted molar refractivity (Wildman–Crippen MR) is 117 cm³/mol. The van der Waals surface area contributed by atoms with Crippen molar-refractivity contribution in [3.05, 3.63) is 34.1 Å². The number of hydrogen-bond donors (Lipinski definition) is 1. The van der Waals surface area contributed by atoms with Gasteiger partial charge in [0.25, 0.3) is 11.8 Å². The lowest BCUT2D eigenvalue weighted by atomic mass is 10.2. The summed E-state index contributed by atoms with van der Waals surface area (Å²) in [5.41, 5.74) is 7.78. The van der Waals surface area contributed by atoms with E-state index in [4.69, 9.17) is 33.7 Å². The molecule has 1 aliphatic carbocycles. The molecule has 0 amide bonds. The van der Waals surface area contributed by atoms with Crippen molar-refractivity contribution in [2.75, 3.05) is 12.3 Å². The number of rotatable bonds is 7. The Kier molecular flexibility index (Phi) is 5.16. The van der Waals surface area contributed by atoms with Gasteiger partial charge in [-0.25, -0.2) is 23.1 Å². The van der Waals surface area contributed by atoms with Crippen molar-refractivity contribution in [3.63, 3.8) is 0 Å². The van der Waals surface area contributed by atoms with Gasteiger partial charge in [-0.05, 0) is 18.5 Å². The van der Waals surface area contributed by atoms with Gasteiger partial charge in [0.1, 0.15) is 5.69 Å². The van der Waals surface area contributed by atoms with E-state index in [1.165, 1.54) is 10.9 Å². The molecule has 5 rings (SSSR count). The van der Waals surface area contributed by atoms with E-state index >= 15 is 0 Å². The molecule has 1 aliphatic rings. The summed E-state index contributed by atoms with van der Waals surface area (Å²) in [6, 6.07) is 1.75. The third-order valence-corrected chi connectivity index (χ3v) is 5.90. The summed E-state index contributed by atoms with van der Waals surface area (Å²) in [4.78, 5) is 8.07. The van der Waals surface area contributed by atoms with Crippen molar-refractivity contribution < 1.29 is 13.5 Å². The molecule has 1 fully saturated rings. The van der Waals surface area contributed by atoms with Crippen LogP contribution in [0.1, 0.15) is 30.1 Å². The van der Waals surface area contributed by atoms with Gasteiger partial charge in [-0.2, -0.15) is 15.2 Å². The van der Waals surface area contributed by atoms with Crippen molar-refractivity contribution in [1.29, 1.82) is 0 Å². The maximum atomic E-state index is 13.9. The van der Waals surface area contributed by atoms with Crippen LogP contribution in [0.15, 0.2) is 12.3 Å². The third kappa shape index (κ3) is 3.86. The van der Waals surface area contributed by atoms with E-state index in [0.717, 1.165) is 5.69 Å². The zero-order valence-corrected chi connectivity index (χ0v) is 19.1. The molecule has 1 unspecified atom stereocenters. The third-order valence-electron chi connectivity index (χ3n) is 5.44. The zero-order valence-electron chi connectivity index (χ0n) is 17.6. The van der Waals surface area contributed by atoms with Crippen LogP contribution < -0.4 is 10.5 Å². The quantitative estimate of drug-likeness (QED) is 0.306. The van der Waals surface area contributed by atoms with Gasteiger partial charge in [-0.3, -0.25) is 4.68 Å². The van der Waals surface area contributed by atoms with E-state index in [1.807, 2.05) is 6.92 Å². The van der Waals surface area contributed by atoms with Crippen molar-refractivity contribution in [2.45, 2.75) is 38.2 Å². The lowest BCUT2D eigenvalue weighted by Gasteiger charge is -2.07. The van der Waals surface area contributed by atoms with Crippen LogP contribution in [0, 0.1) is 6.92 Å². The fraction of sp³-hybridized carbons (Fsp3) is 0.421. The lowest BCUT2D eigenvalue weighted by molar-refractivity contribution is 0.111. The molecule has 174 valence electrons. The molecule has 4 aromatic heterocycles. The lowest BCUT2D eigenvalue weighted by Crippen LogP contribution is -2.10. The number of fused-ring (bicyclic) bond motifs is 1. The summed E-state index contributed by atoms with van der Waals surface area (Å²) in [5.74, 6) is -3.21. The van der Waals surface area contributed by atoms with Crippen LogP contribution in [-0.2, 0) is 13.6 Å². The largest absolute Gasteiger partial charge is 0.475 e. The van der Waals surface area contributed by atoms with E-state index in [-0.39, 0.29) is 40.7 Å². The topological polar surface area (TPSA) is 114 Å². The molecule has 1 saturated carbocycles. The van der Waals surface area contributed by atoms with E-state index in [1.54, 1.807) is 22.5 Å². The second-order valence-electron chi connectivity index (χ2n) is 7.89. The maximum absolute atomic E-state index is 13.9. The summed E-state index contributed by atoms with van der Waals surface area (Å²) < 4.78 is 38.2. The van der Waals surface area contributed by atoms with Gasteiger partial charge in [-0.15, -0.1) is 5.10 Å². The molecule has 4 heterocycles. The number of aromatic nitrogens is 8. The summed E-state index contributed by atoms with van der Waals surface area (Å²) in [7, 11) is 1.71. The first-order valence-electron chi connectivity index (χ1n) is 10.1. The Bertz CT molecular complexity index is 1360. The Morgan fingerprint density at radius 1 is 1.27 bits per heavy atom. The van der Waals surface area contributed by atoms with E-state index in [0.29, 0.717) is 29.8 Å². The Balaban J connectivity index is 1.35. The summed E-state index contributed by atoms with van der Waals surface area (Å²) >= 11 is 12.0. The first-order chi connectivity index (χ1) is 15.7. The minimum Gasteiger partial charge on any atom is -0.475 e. The van der Waals surface area contributed by atoms with Crippen LogP contribution in [0.4, 0.5) is 14.5 Å². The molecule has 14 heteroatoms. The number of ether oxygens (including phenoxy) is 1. The molecule has 0 aromatic carbocycles. The first kappa shape index (κ1) is 21.8. The van der Waals surface area contributed by atoms with Crippen molar-refractivity contribution in [2.24, 2.45) is 7.05 Å². The van der Waals surface area contributed by atoms with E-state index in [2.05, 4.69) is 25.3 Å². The highest BCUT2D eigenvalue weighted by Crippen LogP contribution is 2.58. The van der Waals surface area contributed by atoms with Crippen LogP contribution in [0.25, 0.3) is 16.9 Å². The zero-order chi connectivity index (χ0) is 23.5. The van der Waals surface area contributed by atoms with Crippen LogP contribution in [0.5, 0.6) is 5.88 Å². The molecular weight excluding hydrogens is 479 g/mol. The van der Waals surface area contributed by atoms with Crippen LogP contribution >= 0.6 is 23.2 Å². The molecule has 33 heavy (non-hydrogen) atoms. The molecule has 4 aromatic rings. The van der Waals surface area contributed by atoms with E-state index < -0.39 is 11.8 Å². The number of nitrogen functional groups attached to an aromatic ring is 1. The summed E-state index contributed by atoms with van der Waals surface area (Å²) in [5, 5.41) is 13.8. The van der Waals surface area contributed by atoms with Gasteiger partial charge in [0.2, 0.25) is 5.28 Å². The number of nitrogens with zero attached hydrogens (tertiary/aromatic N) is 8. The van der Waals surface area contributed by atoms with Crippen molar-refractivity contribution in [1.82, 2.24) is 39.3 Å². The van der Waals surface area contributed by atoms with E-state index in [9.17, 15) is 8.78 Å². The number of anilines is 1. The highest BCUT2D eigenvalue weighted by atomic mass is 35.5. The fourth-order valence-corrected chi connectivity index (χ4v) is 4.14. The monoisotopic (exact) mass is 497 g/mol. The Labute approximate surface area is 196 Å². The number of hydrogen-bond acceptors (Lipinski definition) is 7. The van der Waals surface area contributed by atoms with Crippen molar-refractivity contribution in [3.8, 4) is 11.7 Å². The second kappa shape index (κ2) is 7.80. The summed E-state index contributed by atoms with van der Waals surface area (Å²) in [6.07, 6.45) is 1.73. The van der Waals surface area contributed by atoms with Crippen LogP contribution in [0.2, 0.25) is 10.4 Å². The normalized spacial score (nSPS) is 17.1. The smallest absolute Gasteiger partial charge is 0.257 e. The Hall–Kier alpha value is -2.99. The predicted octanol–water partition coefficient (Wildman–Crippen LogP) is 3.53. The summed E-state index contributed by atoms with van der Waals surface area (Å²) in [6.45, 7) is 2.44. The standard InChI is InChI=1S/C19H19Cl2F2N9O/c1-9-6-12(30(2)27-9)32-14(11-7-19(11,22)23)13(24)17(29-32)33-5-3-4-31-16-10(15(20)28-31)8-25-18(21)26-16/h6,8,11H,3-5,7,24H2,1-2H3. The van der Waals surface area contributed by atoms with Gasteiger partial charge in [0, 0.05) is 38.7 Å². The van der Waals surface area contributed by atoms with Crippen LogP contribution in [-0.4, -0.2) is 51.8 Å². The Morgan fingerprint density at radius 2 is 2.03 bits per heavy atom. The SMILES string of the molecule is Cc1cc(-n2nc(OCCCn3nc(Cl)c4cnc(Cl)nc43)c(N)c2C2CC2(F)F)n(C)n1. The minimum absolute atomic E-state index is 0.0877. The molecule has 0 saturated heterocycles. The van der Waals surface area contributed by atoms with Gasteiger partial charge in [0.15, 0.2) is 16.6 Å². The molecule has 2 N–H and O–H groups in total. The number of halogens is 4. The van der Waals surface area contributed by atoms with Gasteiger partial charge >= 0.3 is 0 Å². The van der Waals surface area contributed by atoms with Crippen molar-refractivity contribution >= 4 is 39.9 Å². The fourth-order valence-electron chi connectivity index (χ4n) is 3.78. The minimum atomic E-state index is -2.82. The molecular formula is C19H19Cl2F2N9O.